The molecule has 4 aliphatic rings. The van der Waals surface area contributed by atoms with E-state index in [4.69, 9.17) is 38.8 Å². The molecule has 3 atom stereocenters. The Labute approximate surface area is 342 Å². The first-order chi connectivity index (χ1) is 28.4. The number of aromatic nitrogens is 4. The van der Waals surface area contributed by atoms with E-state index in [1.54, 1.807) is 18.2 Å². The first-order valence-corrected chi connectivity index (χ1v) is 20.8. The van der Waals surface area contributed by atoms with Crippen molar-refractivity contribution in [1.82, 2.24) is 24.6 Å². The number of methoxy groups -OCH3 is 1. The maximum Gasteiger partial charge on any atom is 0.410 e. The molecule has 310 valence electrons. The summed E-state index contributed by atoms with van der Waals surface area (Å²) in [5, 5.41) is 6.41. The number of ether oxygens (including phenoxy) is 5. The summed E-state index contributed by atoms with van der Waals surface area (Å²) in [5.41, 5.74) is 4.81. The largest absolute Gasteiger partial charge is 0.486 e. The Morgan fingerprint density at radius 2 is 1.76 bits per heavy atom. The molecule has 14 heteroatoms. The van der Waals surface area contributed by atoms with Crippen LogP contribution in [0.4, 0.5) is 15.0 Å². The van der Waals surface area contributed by atoms with E-state index in [-0.39, 0.29) is 48.8 Å². The van der Waals surface area contributed by atoms with Crippen LogP contribution in [-0.2, 0) is 20.8 Å². The van der Waals surface area contributed by atoms with Crippen LogP contribution in [0.2, 0.25) is 0 Å². The lowest BCUT2D eigenvalue weighted by Gasteiger charge is -2.36. The number of rotatable bonds is 10. The van der Waals surface area contributed by atoms with Crippen LogP contribution in [0.1, 0.15) is 105 Å². The first kappa shape index (κ1) is 39.0. The van der Waals surface area contributed by atoms with E-state index < -0.39 is 11.6 Å². The molecule has 1 amide bonds. The van der Waals surface area contributed by atoms with Crippen molar-refractivity contribution in [2.75, 3.05) is 38.3 Å². The SMILES string of the molecule is CCOc1nc(N2C[C@@H]3C[C@H]2CN3C(=O)OC(C)(C)C)c2cc(C3CC3)c(-c3c(C)c(F)cc4c3cnn4C3CCCCO3)c(OCc3ccc(C(=O)OC)cc3)c2n1. The molecular formula is C45H51FN6O7. The lowest BCUT2D eigenvalue weighted by Crippen LogP contribution is -2.50. The number of likely N-dealkylation sites (tertiary alicyclic amines) is 1. The van der Waals surface area contributed by atoms with Gasteiger partial charge in [-0.05, 0) is 114 Å². The van der Waals surface area contributed by atoms with Crippen LogP contribution in [0.5, 0.6) is 11.8 Å². The molecule has 13 nitrogen and oxygen atoms in total. The molecule has 2 aromatic heterocycles. The van der Waals surface area contributed by atoms with Crippen molar-refractivity contribution in [2.24, 2.45) is 0 Å². The number of halogens is 1. The number of anilines is 1. The van der Waals surface area contributed by atoms with E-state index in [1.807, 2.05) is 62.5 Å². The third-order valence-corrected chi connectivity index (χ3v) is 11.9. The molecule has 1 unspecified atom stereocenters. The van der Waals surface area contributed by atoms with Crippen LogP contribution in [0.15, 0.2) is 42.6 Å². The fraction of sp³-hybridized carbons (Fsp3) is 0.489. The van der Waals surface area contributed by atoms with Gasteiger partial charge in [-0.3, -0.25) is 0 Å². The van der Waals surface area contributed by atoms with Crippen molar-refractivity contribution in [2.45, 2.75) is 110 Å². The Morgan fingerprint density at radius 1 is 0.966 bits per heavy atom. The fourth-order valence-corrected chi connectivity index (χ4v) is 8.96. The molecule has 3 aromatic carbocycles. The summed E-state index contributed by atoms with van der Waals surface area (Å²) in [6.45, 7) is 11.5. The van der Waals surface area contributed by atoms with Gasteiger partial charge in [0.2, 0.25) is 0 Å². The molecule has 0 radical (unpaired) electrons. The highest BCUT2D eigenvalue weighted by Gasteiger charge is 2.48. The van der Waals surface area contributed by atoms with Gasteiger partial charge >= 0.3 is 18.1 Å². The van der Waals surface area contributed by atoms with Gasteiger partial charge in [0, 0.05) is 47.7 Å². The van der Waals surface area contributed by atoms with Crippen molar-refractivity contribution in [3.8, 4) is 22.9 Å². The van der Waals surface area contributed by atoms with E-state index >= 15 is 4.39 Å². The van der Waals surface area contributed by atoms with Crippen molar-refractivity contribution in [1.29, 1.82) is 0 Å². The van der Waals surface area contributed by atoms with Gasteiger partial charge in [-0.1, -0.05) is 12.1 Å². The third-order valence-electron chi connectivity index (χ3n) is 11.9. The Balaban J connectivity index is 1.23. The smallest absolute Gasteiger partial charge is 0.410 e. The maximum atomic E-state index is 16.4. The highest BCUT2D eigenvalue weighted by molar-refractivity contribution is 6.06. The number of benzene rings is 3. The summed E-state index contributed by atoms with van der Waals surface area (Å²) in [6, 6.07) is 11.0. The Kier molecular flexibility index (Phi) is 10.1. The van der Waals surface area contributed by atoms with Crippen molar-refractivity contribution >= 4 is 39.7 Å². The normalized spacial score (nSPS) is 20.4. The van der Waals surface area contributed by atoms with E-state index in [2.05, 4.69) is 11.0 Å². The fourth-order valence-electron chi connectivity index (χ4n) is 8.96. The molecule has 5 heterocycles. The Hall–Kier alpha value is -5.50. The molecule has 3 aliphatic heterocycles. The van der Waals surface area contributed by atoms with E-state index in [0.717, 1.165) is 66.0 Å². The molecular weight excluding hydrogens is 756 g/mol. The number of hydrogen-bond donors (Lipinski definition) is 0. The molecule has 3 saturated heterocycles. The van der Waals surface area contributed by atoms with Gasteiger partial charge in [-0.2, -0.15) is 15.1 Å². The van der Waals surface area contributed by atoms with Gasteiger partial charge in [0.15, 0.2) is 12.0 Å². The molecule has 5 aromatic rings. The Bertz CT molecular complexity index is 2440. The maximum absolute atomic E-state index is 16.4. The molecule has 1 saturated carbocycles. The standard InChI is InChI=1S/C45H51FN6O7/c1-7-56-43-48-39-32(41(49-43)50-22-30-18-29(50)23-51(30)44(54)59-45(3,4)5)19-31(27-15-16-27)38(40(39)58-24-26-11-13-28(14-12-26)42(53)55-6)37-25(2)34(46)20-35-33(37)21-47-52(35)36-10-8-9-17-57-36/h11-14,19-21,27,29-30,36H,7-10,15-18,22-24H2,1-6H3/t29-,30-,36?/m0/s1. The number of carbonyl (C=O) groups is 2. The van der Waals surface area contributed by atoms with Crippen LogP contribution in [-0.4, -0.2) is 87.8 Å². The minimum Gasteiger partial charge on any atom is -0.486 e. The van der Waals surface area contributed by atoms with Gasteiger partial charge in [0.1, 0.15) is 29.4 Å². The summed E-state index contributed by atoms with van der Waals surface area (Å²) in [6.07, 6.45) is 6.71. The second kappa shape index (κ2) is 15.3. The molecule has 2 bridgehead atoms. The van der Waals surface area contributed by atoms with Crippen LogP contribution < -0.4 is 14.4 Å². The highest BCUT2D eigenvalue weighted by Crippen LogP contribution is 2.54. The van der Waals surface area contributed by atoms with E-state index in [9.17, 15) is 9.59 Å². The predicted molar refractivity (Wildman–Crippen MR) is 220 cm³/mol. The minimum absolute atomic E-state index is 0.000209. The van der Waals surface area contributed by atoms with E-state index in [1.165, 1.54) is 7.11 Å². The Morgan fingerprint density at radius 3 is 2.42 bits per heavy atom. The van der Waals surface area contributed by atoms with E-state index in [0.29, 0.717) is 65.6 Å². The molecule has 1 aliphatic carbocycles. The topological polar surface area (TPSA) is 130 Å². The predicted octanol–water partition coefficient (Wildman–Crippen LogP) is 8.63. The molecule has 59 heavy (non-hydrogen) atoms. The zero-order valence-electron chi connectivity index (χ0n) is 34.5. The molecule has 0 spiro atoms. The van der Waals surface area contributed by atoms with Gasteiger partial charge < -0.3 is 33.5 Å². The summed E-state index contributed by atoms with van der Waals surface area (Å²) in [4.78, 5) is 39.7. The summed E-state index contributed by atoms with van der Waals surface area (Å²) < 4.78 is 48.2. The van der Waals surface area contributed by atoms with Crippen molar-refractivity contribution in [3.63, 3.8) is 0 Å². The van der Waals surface area contributed by atoms with Gasteiger partial charge in [0.25, 0.3) is 0 Å². The van der Waals surface area contributed by atoms with Gasteiger partial charge in [-0.25, -0.2) is 18.7 Å². The summed E-state index contributed by atoms with van der Waals surface area (Å²) >= 11 is 0. The molecule has 9 rings (SSSR count). The zero-order chi connectivity index (χ0) is 41.2. The van der Waals surface area contributed by atoms with Crippen molar-refractivity contribution < 1.29 is 37.7 Å². The third kappa shape index (κ3) is 7.29. The quantitative estimate of drug-likeness (QED) is 0.126. The number of hydrogen-bond acceptors (Lipinski definition) is 11. The first-order valence-electron chi connectivity index (χ1n) is 20.8. The number of piperazine rings is 1. The van der Waals surface area contributed by atoms with Crippen LogP contribution in [0.3, 0.4) is 0 Å². The minimum atomic E-state index is -0.599. The lowest BCUT2D eigenvalue weighted by molar-refractivity contribution is -0.0367. The highest BCUT2D eigenvalue weighted by atomic mass is 19.1. The van der Waals surface area contributed by atoms with Crippen LogP contribution in [0, 0.1) is 12.7 Å². The van der Waals surface area contributed by atoms with Crippen LogP contribution >= 0.6 is 0 Å². The molecule has 0 N–H and O–H groups in total. The summed E-state index contributed by atoms with van der Waals surface area (Å²) in [5.74, 6) is 0.617. The average molecular weight is 807 g/mol. The van der Waals surface area contributed by atoms with Gasteiger partial charge in [0.05, 0.1) is 43.1 Å². The number of nitrogens with zero attached hydrogens (tertiary/aromatic N) is 6. The monoisotopic (exact) mass is 806 g/mol. The molecule has 4 fully saturated rings. The van der Waals surface area contributed by atoms with Crippen molar-refractivity contribution in [3.05, 3.63) is 70.7 Å². The lowest BCUT2D eigenvalue weighted by atomic mass is 9.88. The summed E-state index contributed by atoms with van der Waals surface area (Å²) in [7, 11) is 1.35. The zero-order valence-corrected chi connectivity index (χ0v) is 34.5. The number of esters is 1. The number of carbonyl (C=O) groups excluding carboxylic acids is 2. The number of amides is 1. The second-order valence-electron chi connectivity index (χ2n) is 17.1. The second-order valence-corrected chi connectivity index (χ2v) is 17.1. The van der Waals surface area contributed by atoms with Gasteiger partial charge in [-0.15, -0.1) is 0 Å². The average Bonchev–Trinajstić information content (AvgIpc) is 3.66. The number of fused-ring (bicyclic) bond motifs is 4. The van der Waals surface area contributed by atoms with Crippen LogP contribution in [0.25, 0.3) is 32.9 Å².